The lowest BCUT2D eigenvalue weighted by Gasteiger charge is -2.12. The van der Waals surface area contributed by atoms with Crippen LogP contribution in [0.3, 0.4) is 0 Å². The van der Waals surface area contributed by atoms with Crippen LogP contribution in [0, 0.1) is 0 Å². The third kappa shape index (κ3) is 4.89. The van der Waals surface area contributed by atoms with Crippen LogP contribution in [0.5, 0.6) is 5.75 Å². The van der Waals surface area contributed by atoms with E-state index in [-0.39, 0.29) is 5.75 Å². The molecule has 0 atom stereocenters. The molecule has 0 unspecified atom stereocenters. The average Bonchev–Trinajstić information content (AvgIpc) is 3.32. The number of benzene rings is 1. The molecule has 0 fully saturated rings. The molecular formula is C22H24N2O3S. The van der Waals surface area contributed by atoms with Crippen LogP contribution in [0.2, 0.25) is 0 Å². The number of imidazole rings is 1. The number of aryl methyl sites for hydroxylation is 1. The molecule has 0 saturated heterocycles. The van der Waals surface area contributed by atoms with Crippen LogP contribution in [0.1, 0.15) is 41.7 Å². The summed E-state index contributed by atoms with van der Waals surface area (Å²) in [6, 6.07) is 11.1. The number of hydrogen-bond donors (Lipinski definition) is 2. The van der Waals surface area contributed by atoms with Gasteiger partial charge in [-0.1, -0.05) is 37.6 Å². The number of hydrogen-bond acceptors (Lipinski definition) is 4. The Balaban J connectivity index is 1.97. The predicted octanol–water partition coefficient (Wildman–Crippen LogP) is 4.75. The van der Waals surface area contributed by atoms with E-state index in [4.69, 9.17) is 0 Å². The highest BCUT2D eigenvalue weighted by Gasteiger charge is 2.15. The highest BCUT2D eigenvalue weighted by atomic mass is 32.1. The molecule has 2 N–H and O–H groups in total. The van der Waals surface area contributed by atoms with Crippen molar-refractivity contribution in [3.63, 3.8) is 0 Å². The Labute approximate surface area is 168 Å². The lowest BCUT2D eigenvalue weighted by Crippen LogP contribution is -2.09. The number of carbonyl (C=O) groups is 1. The molecule has 0 aliphatic rings. The quantitative estimate of drug-likeness (QED) is 0.512. The molecular weight excluding hydrogens is 372 g/mol. The Morgan fingerprint density at radius 1 is 1.25 bits per heavy atom. The summed E-state index contributed by atoms with van der Waals surface area (Å²) in [5.74, 6) is 0.195. The third-order valence-corrected chi connectivity index (χ3v) is 5.46. The summed E-state index contributed by atoms with van der Waals surface area (Å²) in [6.07, 6.45) is 6.66. The minimum Gasteiger partial charge on any atom is -0.508 e. The van der Waals surface area contributed by atoms with Crippen LogP contribution in [-0.4, -0.2) is 25.7 Å². The highest BCUT2D eigenvalue weighted by molar-refractivity contribution is 7.09. The van der Waals surface area contributed by atoms with E-state index in [2.05, 4.69) is 11.9 Å². The summed E-state index contributed by atoms with van der Waals surface area (Å²) < 4.78 is 2.00. The van der Waals surface area contributed by atoms with Gasteiger partial charge in [0, 0.05) is 28.9 Å². The van der Waals surface area contributed by atoms with Gasteiger partial charge in [0.2, 0.25) is 0 Å². The number of carboxylic acids is 1. The Morgan fingerprint density at radius 3 is 2.75 bits per heavy atom. The smallest absolute Gasteiger partial charge is 0.332 e. The summed E-state index contributed by atoms with van der Waals surface area (Å²) in [7, 11) is 0. The molecule has 0 amide bonds. The van der Waals surface area contributed by atoms with E-state index in [1.54, 1.807) is 35.7 Å². The predicted molar refractivity (Wildman–Crippen MR) is 112 cm³/mol. The fourth-order valence-corrected chi connectivity index (χ4v) is 3.77. The zero-order chi connectivity index (χ0) is 19.9. The fraction of sp³-hybridized carbons (Fsp3) is 0.273. The molecule has 5 nitrogen and oxygen atoms in total. The van der Waals surface area contributed by atoms with Crippen molar-refractivity contribution in [1.29, 1.82) is 0 Å². The number of aromatic hydroxyl groups is 1. The second kappa shape index (κ2) is 9.37. The van der Waals surface area contributed by atoms with Crippen molar-refractivity contribution in [2.75, 3.05) is 0 Å². The summed E-state index contributed by atoms with van der Waals surface area (Å²) >= 11 is 1.54. The van der Waals surface area contributed by atoms with Gasteiger partial charge in [-0.3, -0.25) is 0 Å². The lowest BCUT2D eigenvalue weighted by atomic mass is 10.1. The van der Waals surface area contributed by atoms with Crippen molar-refractivity contribution < 1.29 is 15.0 Å². The largest absolute Gasteiger partial charge is 0.508 e. The number of aromatic nitrogens is 2. The van der Waals surface area contributed by atoms with Crippen molar-refractivity contribution in [1.82, 2.24) is 9.55 Å². The van der Waals surface area contributed by atoms with Gasteiger partial charge in [0.15, 0.2) is 0 Å². The number of thiophene rings is 1. The number of phenolic OH excluding ortho intramolecular Hbond substituents is 1. The molecule has 0 bridgehead atoms. The Kier molecular flexibility index (Phi) is 6.66. The number of phenols is 1. The van der Waals surface area contributed by atoms with E-state index >= 15 is 0 Å². The van der Waals surface area contributed by atoms with Gasteiger partial charge in [0.25, 0.3) is 0 Å². The van der Waals surface area contributed by atoms with E-state index < -0.39 is 5.97 Å². The molecule has 2 aromatic heterocycles. The number of para-hydroxylation sites is 1. The molecule has 0 spiro atoms. The van der Waals surface area contributed by atoms with Crippen molar-refractivity contribution in [2.45, 2.75) is 39.2 Å². The van der Waals surface area contributed by atoms with Crippen LogP contribution in [0.25, 0.3) is 6.08 Å². The summed E-state index contributed by atoms with van der Waals surface area (Å²) in [5.41, 5.74) is 1.84. The fourth-order valence-electron chi connectivity index (χ4n) is 3.04. The topological polar surface area (TPSA) is 75.3 Å². The number of carboxylic acid groups (broad SMARTS) is 1. The van der Waals surface area contributed by atoms with Crippen LogP contribution < -0.4 is 0 Å². The Hall–Kier alpha value is -2.86. The van der Waals surface area contributed by atoms with Crippen molar-refractivity contribution in [2.24, 2.45) is 0 Å². The van der Waals surface area contributed by atoms with Gasteiger partial charge < -0.3 is 14.8 Å². The minimum absolute atomic E-state index is 0.226. The number of unbranched alkanes of at least 4 members (excludes halogenated alkanes) is 1. The minimum atomic E-state index is -0.932. The molecule has 146 valence electrons. The monoisotopic (exact) mass is 396 g/mol. The standard InChI is InChI=1S/C22H24N2O3S/c1-2-3-10-21-23-14-18(24(21)15-16-7-4-5-9-20(16)25)12-17(22(26)27)13-19-8-6-11-28-19/h4-9,11-12,14,25H,2-3,10,13,15H2,1H3,(H,26,27)/b17-12-. The molecule has 28 heavy (non-hydrogen) atoms. The summed E-state index contributed by atoms with van der Waals surface area (Å²) in [6.45, 7) is 2.57. The second-order valence-electron chi connectivity index (χ2n) is 6.65. The van der Waals surface area contributed by atoms with E-state index in [0.717, 1.165) is 41.2 Å². The maximum Gasteiger partial charge on any atom is 0.332 e. The van der Waals surface area contributed by atoms with Crippen molar-refractivity contribution in [3.05, 3.63) is 75.5 Å². The van der Waals surface area contributed by atoms with Crippen LogP contribution in [-0.2, 0) is 24.2 Å². The van der Waals surface area contributed by atoms with Crippen LogP contribution in [0.4, 0.5) is 0 Å². The molecule has 0 saturated carbocycles. The SMILES string of the molecule is CCCCc1ncc(/C=C(/Cc2cccs2)C(=O)O)n1Cc1ccccc1O. The zero-order valence-corrected chi connectivity index (χ0v) is 16.7. The highest BCUT2D eigenvalue weighted by Crippen LogP contribution is 2.22. The molecule has 6 heteroatoms. The number of nitrogens with zero attached hydrogens (tertiary/aromatic N) is 2. The van der Waals surface area contributed by atoms with Gasteiger partial charge in [-0.15, -0.1) is 11.3 Å². The Morgan fingerprint density at radius 2 is 2.07 bits per heavy atom. The van der Waals surface area contributed by atoms with Gasteiger partial charge in [-0.2, -0.15) is 0 Å². The van der Waals surface area contributed by atoms with Crippen LogP contribution in [0.15, 0.2) is 53.5 Å². The first-order valence-corrected chi connectivity index (χ1v) is 10.2. The van der Waals surface area contributed by atoms with Crippen LogP contribution >= 0.6 is 11.3 Å². The van der Waals surface area contributed by atoms with Gasteiger partial charge in [-0.25, -0.2) is 9.78 Å². The third-order valence-electron chi connectivity index (χ3n) is 4.58. The molecule has 2 heterocycles. The van der Waals surface area contributed by atoms with E-state index in [9.17, 15) is 15.0 Å². The normalized spacial score (nSPS) is 11.7. The van der Waals surface area contributed by atoms with Gasteiger partial charge in [0.1, 0.15) is 11.6 Å². The molecule has 1 aromatic carbocycles. The number of aliphatic carboxylic acids is 1. The number of rotatable bonds is 9. The van der Waals surface area contributed by atoms with Crippen molar-refractivity contribution in [3.8, 4) is 5.75 Å². The molecule has 0 radical (unpaired) electrons. The van der Waals surface area contributed by atoms with Gasteiger partial charge >= 0.3 is 5.97 Å². The first-order valence-electron chi connectivity index (χ1n) is 9.36. The molecule has 0 aliphatic carbocycles. The van der Waals surface area contributed by atoms with E-state index in [0.29, 0.717) is 18.5 Å². The molecule has 3 rings (SSSR count). The van der Waals surface area contributed by atoms with E-state index in [1.807, 2.05) is 34.2 Å². The lowest BCUT2D eigenvalue weighted by molar-refractivity contribution is -0.132. The first kappa shape index (κ1) is 19.9. The average molecular weight is 397 g/mol. The van der Waals surface area contributed by atoms with Crippen molar-refractivity contribution >= 4 is 23.4 Å². The molecule has 3 aromatic rings. The van der Waals surface area contributed by atoms with Gasteiger partial charge in [-0.05, 0) is 30.0 Å². The first-order chi connectivity index (χ1) is 13.6. The summed E-state index contributed by atoms with van der Waals surface area (Å²) in [5, 5.41) is 21.8. The second-order valence-corrected chi connectivity index (χ2v) is 7.68. The Bertz CT molecular complexity index is 958. The van der Waals surface area contributed by atoms with Gasteiger partial charge in [0.05, 0.1) is 18.4 Å². The maximum atomic E-state index is 11.8. The maximum absolute atomic E-state index is 11.8. The molecule has 0 aliphatic heterocycles. The zero-order valence-electron chi connectivity index (χ0n) is 15.8. The summed E-state index contributed by atoms with van der Waals surface area (Å²) in [4.78, 5) is 17.3. The van der Waals surface area contributed by atoms with E-state index in [1.165, 1.54) is 0 Å².